The van der Waals surface area contributed by atoms with Crippen LogP contribution in [0, 0.1) is 0 Å². The predicted molar refractivity (Wildman–Crippen MR) is 72.7 cm³/mol. The van der Waals surface area contributed by atoms with E-state index in [-0.39, 0.29) is 5.43 Å². The van der Waals surface area contributed by atoms with Crippen LogP contribution in [-0.4, -0.2) is 0 Å². The van der Waals surface area contributed by atoms with Gasteiger partial charge in [-0.2, -0.15) is 0 Å². The Morgan fingerprint density at radius 1 is 0.765 bits per heavy atom. The Morgan fingerprint density at radius 3 is 2.35 bits per heavy atom. The largest absolute Gasteiger partial charge is 0.289 e. The minimum absolute atomic E-state index is 0.0351. The van der Waals surface area contributed by atoms with Gasteiger partial charge >= 0.3 is 0 Å². The first kappa shape index (κ1) is 10.3. The van der Waals surface area contributed by atoms with Gasteiger partial charge in [-0.25, -0.2) is 0 Å². The van der Waals surface area contributed by atoms with Crippen molar-refractivity contribution >= 4 is 33.1 Å². The summed E-state index contributed by atoms with van der Waals surface area (Å²) in [5, 5.41) is 4.42. The first-order chi connectivity index (χ1) is 8.25. The number of fused-ring (bicyclic) bond motifs is 3. The summed E-state index contributed by atoms with van der Waals surface area (Å²) < 4.78 is 0. The van der Waals surface area contributed by atoms with Gasteiger partial charge in [0.2, 0.25) is 0 Å². The van der Waals surface area contributed by atoms with E-state index in [1.165, 1.54) is 0 Å². The van der Waals surface area contributed by atoms with E-state index in [9.17, 15) is 4.79 Å². The van der Waals surface area contributed by atoms with Crippen molar-refractivity contribution in [2.45, 2.75) is 0 Å². The molecule has 1 nitrogen and oxygen atoms in total. The van der Waals surface area contributed by atoms with Crippen molar-refractivity contribution in [1.82, 2.24) is 0 Å². The van der Waals surface area contributed by atoms with Crippen molar-refractivity contribution in [2.75, 3.05) is 0 Å². The fourth-order valence-corrected chi connectivity index (χ4v) is 2.29. The molecule has 0 bridgehead atoms. The molecule has 0 N–H and O–H groups in total. The number of hydrogen-bond acceptors (Lipinski definition) is 1. The molecule has 0 unspecified atom stereocenters. The Bertz CT molecular complexity index is 778. The summed E-state index contributed by atoms with van der Waals surface area (Å²) in [4.78, 5) is 11.9. The highest BCUT2D eigenvalue weighted by Gasteiger charge is 2.01. The maximum Gasteiger partial charge on any atom is 0.186 e. The monoisotopic (exact) mass is 240 g/mol. The van der Waals surface area contributed by atoms with Gasteiger partial charge < -0.3 is 0 Å². The minimum atomic E-state index is 0.0351. The van der Waals surface area contributed by atoms with E-state index in [1.54, 1.807) is 6.07 Å². The molecule has 0 heterocycles. The average Bonchev–Trinajstić information content (AvgIpc) is 2.48. The summed E-state index contributed by atoms with van der Waals surface area (Å²) in [5.41, 5.74) is 0.0351. The van der Waals surface area contributed by atoms with Crippen LogP contribution in [-0.2, 0) is 0 Å². The molecule has 0 atom stereocenters. The van der Waals surface area contributed by atoms with E-state index in [2.05, 4.69) is 0 Å². The molecular weight excluding hydrogens is 232 g/mol. The molecule has 3 aromatic rings. The first-order valence-corrected chi connectivity index (χ1v) is 5.75. The molecule has 0 aliphatic rings. The molecule has 82 valence electrons. The Morgan fingerprint density at radius 2 is 1.53 bits per heavy atom. The van der Waals surface area contributed by atoms with Crippen LogP contribution in [0.25, 0.3) is 21.5 Å². The first-order valence-electron chi connectivity index (χ1n) is 5.37. The second-order valence-electron chi connectivity index (χ2n) is 3.97. The summed E-state index contributed by atoms with van der Waals surface area (Å²) in [6, 6.07) is 16.7. The maximum absolute atomic E-state index is 11.9. The summed E-state index contributed by atoms with van der Waals surface area (Å²) >= 11 is 5.97. The normalized spacial score (nSPS) is 10.9. The van der Waals surface area contributed by atoms with E-state index in [0.29, 0.717) is 5.02 Å². The predicted octanol–water partition coefficient (Wildman–Crippen LogP) is 4.01. The maximum atomic E-state index is 11.9. The molecule has 0 radical (unpaired) electrons. The fraction of sp³-hybridized carbons (Fsp3) is 0. The quantitative estimate of drug-likeness (QED) is 0.580. The average molecular weight is 241 g/mol. The van der Waals surface area contributed by atoms with Crippen LogP contribution in [0.1, 0.15) is 0 Å². The summed E-state index contributed by atoms with van der Waals surface area (Å²) in [6.07, 6.45) is 0. The lowest BCUT2D eigenvalue weighted by atomic mass is 10.1. The second kappa shape index (κ2) is 3.86. The van der Waals surface area contributed by atoms with Gasteiger partial charge in [-0.05, 0) is 34.4 Å². The highest BCUT2D eigenvalue weighted by Crippen LogP contribution is 2.24. The van der Waals surface area contributed by atoms with E-state index >= 15 is 0 Å². The van der Waals surface area contributed by atoms with Gasteiger partial charge in [-0.1, -0.05) is 48.0 Å². The van der Waals surface area contributed by atoms with E-state index in [4.69, 9.17) is 11.6 Å². The third-order valence-electron chi connectivity index (χ3n) is 2.91. The van der Waals surface area contributed by atoms with Crippen LogP contribution in [0.2, 0.25) is 5.02 Å². The van der Waals surface area contributed by atoms with Gasteiger partial charge in [-0.15, -0.1) is 0 Å². The van der Waals surface area contributed by atoms with Crippen molar-refractivity contribution < 1.29 is 0 Å². The summed E-state index contributed by atoms with van der Waals surface area (Å²) in [7, 11) is 0. The third-order valence-corrected chi connectivity index (χ3v) is 3.15. The van der Waals surface area contributed by atoms with E-state index < -0.39 is 0 Å². The molecule has 0 aliphatic heterocycles. The molecule has 0 saturated carbocycles. The van der Waals surface area contributed by atoms with Crippen LogP contribution < -0.4 is 5.43 Å². The molecular formula is C15H9ClO. The fourth-order valence-electron chi connectivity index (χ4n) is 2.10. The molecule has 3 aromatic carbocycles. The number of benzene rings is 2. The molecule has 0 aliphatic carbocycles. The van der Waals surface area contributed by atoms with Gasteiger partial charge in [0.1, 0.15) is 0 Å². The molecule has 17 heavy (non-hydrogen) atoms. The Kier molecular flexibility index (Phi) is 2.34. The summed E-state index contributed by atoms with van der Waals surface area (Å²) in [6.45, 7) is 0. The second-order valence-corrected chi connectivity index (χ2v) is 4.41. The number of halogens is 1. The third kappa shape index (κ3) is 1.69. The Balaban J connectivity index is 2.68. The molecule has 0 saturated heterocycles. The Labute approximate surface area is 103 Å². The van der Waals surface area contributed by atoms with Crippen molar-refractivity contribution in [3.05, 3.63) is 69.8 Å². The molecule has 0 fully saturated rings. The highest BCUT2D eigenvalue weighted by atomic mass is 35.5. The van der Waals surface area contributed by atoms with Crippen LogP contribution >= 0.6 is 11.6 Å². The SMILES string of the molecule is O=c1ccc2cc(Cl)ccc2c2ccccc12. The lowest BCUT2D eigenvalue weighted by Crippen LogP contribution is -1.93. The van der Waals surface area contributed by atoms with E-state index in [0.717, 1.165) is 21.5 Å². The summed E-state index contributed by atoms with van der Waals surface area (Å²) in [5.74, 6) is 0. The van der Waals surface area contributed by atoms with Gasteiger partial charge in [-0.3, -0.25) is 4.79 Å². The Hall–Kier alpha value is -1.86. The van der Waals surface area contributed by atoms with Crippen LogP contribution in [0.4, 0.5) is 0 Å². The van der Waals surface area contributed by atoms with Crippen molar-refractivity contribution in [2.24, 2.45) is 0 Å². The van der Waals surface area contributed by atoms with Gasteiger partial charge in [0.15, 0.2) is 5.43 Å². The van der Waals surface area contributed by atoms with Crippen molar-refractivity contribution in [3.63, 3.8) is 0 Å². The standard InChI is InChI=1S/C15H9ClO/c16-11-6-7-12-10(9-11)5-8-15(17)14-4-2-1-3-13(12)14/h1-9H. The van der Waals surface area contributed by atoms with Crippen LogP contribution in [0.5, 0.6) is 0 Å². The molecule has 0 spiro atoms. The zero-order chi connectivity index (χ0) is 11.8. The topological polar surface area (TPSA) is 17.1 Å². The van der Waals surface area contributed by atoms with Gasteiger partial charge in [0.25, 0.3) is 0 Å². The van der Waals surface area contributed by atoms with Crippen molar-refractivity contribution in [3.8, 4) is 0 Å². The zero-order valence-corrected chi connectivity index (χ0v) is 9.74. The number of hydrogen-bond donors (Lipinski definition) is 0. The van der Waals surface area contributed by atoms with Crippen LogP contribution in [0.15, 0.2) is 59.4 Å². The van der Waals surface area contributed by atoms with E-state index in [1.807, 2.05) is 48.5 Å². The molecule has 0 amide bonds. The highest BCUT2D eigenvalue weighted by molar-refractivity contribution is 6.31. The lowest BCUT2D eigenvalue weighted by molar-refractivity contribution is 1.72. The van der Waals surface area contributed by atoms with Crippen molar-refractivity contribution in [1.29, 1.82) is 0 Å². The lowest BCUT2D eigenvalue weighted by Gasteiger charge is -1.97. The smallest absolute Gasteiger partial charge is 0.186 e. The minimum Gasteiger partial charge on any atom is -0.289 e. The zero-order valence-electron chi connectivity index (χ0n) is 8.98. The van der Waals surface area contributed by atoms with Gasteiger partial charge in [0.05, 0.1) is 0 Å². The van der Waals surface area contributed by atoms with Crippen LogP contribution in [0.3, 0.4) is 0 Å². The molecule has 2 heteroatoms. The molecule has 0 aromatic heterocycles. The molecule has 3 rings (SSSR count). The number of rotatable bonds is 0. The van der Waals surface area contributed by atoms with Gasteiger partial charge in [0, 0.05) is 10.4 Å².